The summed E-state index contributed by atoms with van der Waals surface area (Å²) in [5.74, 6) is 0.301. The van der Waals surface area contributed by atoms with Gasteiger partial charge in [-0.05, 0) is 19.8 Å². The molecule has 1 aromatic heterocycles. The molecule has 0 aliphatic heterocycles. The average Bonchev–Trinajstić information content (AvgIpc) is 3.11. The Balaban J connectivity index is 2.06. The molecule has 1 heterocycles. The van der Waals surface area contributed by atoms with Crippen LogP contribution in [0, 0.1) is 0 Å². The summed E-state index contributed by atoms with van der Waals surface area (Å²) in [5, 5.41) is 12.1. The average molecular weight is 238 g/mol. The third kappa shape index (κ3) is 2.83. The summed E-state index contributed by atoms with van der Waals surface area (Å²) in [6.45, 7) is 1.95. The second-order valence-electron chi connectivity index (χ2n) is 4.50. The summed E-state index contributed by atoms with van der Waals surface area (Å²) in [4.78, 5) is 16.0. The zero-order valence-electron chi connectivity index (χ0n) is 9.84. The van der Waals surface area contributed by atoms with Crippen molar-refractivity contribution in [3.63, 3.8) is 0 Å². The van der Waals surface area contributed by atoms with Crippen molar-refractivity contribution in [2.75, 3.05) is 11.9 Å². The van der Waals surface area contributed by atoms with Crippen LogP contribution >= 0.6 is 0 Å². The highest BCUT2D eigenvalue weighted by molar-refractivity contribution is 5.31. The normalized spacial score (nSPS) is 18.8. The molecular formula is C11H18N4O2. The maximum atomic E-state index is 12.0. The number of aliphatic hydroxyl groups excluding tert-OH is 1. The first-order chi connectivity index (χ1) is 8.09. The number of aromatic nitrogens is 2. The number of nitrogens with two attached hydrogens (primary N) is 1. The molecule has 2 rings (SSSR count). The van der Waals surface area contributed by atoms with Crippen LogP contribution in [0.2, 0.25) is 0 Å². The van der Waals surface area contributed by atoms with Crippen LogP contribution in [0.3, 0.4) is 0 Å². The van der Waals surface area contributed by atoms with Crippen molar-refractivity contribution in [1.82, 2.24) is 9.55 Å². The Bertz CT molecular complexity index is 439. The molecule has 17 heavy (non-hydrogen) atoms. The van der Waals surface area contributed by atoms with E-state index >= 15 is 0 Å². The molecule has 1 aliphatic rings. The molecule has 0 aromatic carbocycles. The summed E-state index contributed by atoms with van der Waals surface area (Å²) in [5.41, 5.74) is 5.56. The molecule has 6 heteroatoms. The maximum Gasteiger partial charge on any atom is 0.293 e. The molecule has 0 radical (unpaired) electrons. The van der Waals surface area contributed by atoms with Crippen LogP contribution in [0.15, 0.2) is 17.2 Å². The van der Waals surface area contributed by atoms with E-state index in [1.54, 1.807) is 23.9 Å². The molecule has 0 spiro atoms. The Labute approximate surface area is 99.5 Å². The van der Waals surface area contributed by atoms with Gasteiger partial charge in [-0.15, -0.1) is 0 Å². The molecule has 6 nitrogen and oxygen atoms in total. The van der Waals surface area contributed by atoms with Crippen molar-refractivity contribution >= 4 is 5.82 Å². The Morgan fingerprint density at radius 3 is 3.00 bits per heavy atom. The van der Waals surface area contributed by atoms with E-state index in [1.807, 2.05) is 0 Å². The van der Waals surface area contributed by atoms with Gasteiger partial charge in [0.05, 0.1) is 6.10 Å². The number of aliphatic hydroxyl groups is 1. The molecule has 1 fully saturated rings. The van der Waals surface area contributed by atoms with E-state index in [2.05, 4.69) is 10.3 Å². The molecule has 1 saturated carbocycles. The Morgan fingerprint density at radius 1 is 1.71 bits per heavy atom. The fourth-order valence-electron chi connectivity index (χ4n) is 1.57. The van der Waals surface area contributed by atoms with Gasteiger partial charge in [0.25, 0.3) is 5.56 Å². The number of hydrogen-bond donors (Lipinski definition) is 3. The number of hydrogen-bond acceptors (Lipinski definition) is 5. The van der Waals surface area contributed by atoms with Crippen molar-refractivity contribution in [3.8, 4) is 0 Å². The lowest BCUT2D eigenvalue weighted by Crippen LogP contribution is -2.40. The molecule has 1 aromatic rings. The van der Waals surface area contributed by atoms with Crippen LogP contribution in [0.5, 0.6) is 0 Å². The van der Waals surface area contributed by atoms with E-state index in [0.717, 1.165) is 12.8 Å². The molecule has 0 amide bonds. The molecule has 4 N–H and O–H groups in total. The largest absolute Gasteiger partial charge is 0.392 e. The third-order valence-corrected chi connectivity index (χ3v) is 2.93. The van der Waals surface area contributed by atoms with Crippen LogP contribution in [-0.4, -0.2) is 33.3 Å². The highest BCUT2D eigenvalue weighted by Gasteiger charge is 2.25. The first kappa shape index (κ1) is 12.1. The van der Waals surface area contributed by atoms with E-state index in [4.69, 9.17) is 5.73 Å². The van der Waals surface area contributed by atoms with Gasteiger partial charge < -0.3 is 20.7 Å². The van der Waals surface area contributed by atoms with Crippen molar-refractivity contribution < 1.29 is 5.11 Å². The van der Waals surface area contributed by atoms with Crippen molar-refractivity contribution in [1.29, 1.82) is 0 Å². The summed E-state index contributed by atoms with van der Waals surface area (Å²) < 4.78 is 1.70. The van der Waals surface area contributed by atoms with Gasteiger partial charge >= 0.3 is 0 Å². The van der Waals surface area contributed by atoms with Crippen LogP contribution in [0.1, 0.15) is 25.8 Å². The predicted molar refractivity (Wildman–Crippen MR) is 64.9 cm³/mol. The third-order valence-electron chi connectivity index (χ3n) is 2.93. The van der Waals surface area contributed by atoms with E-state index < -0.39 is 12.1 Å². The van der Waals surface area contributed by atoms with Gasteiger partial charge in [-0.25, -0.2) is 4.98 Å². The van der Waals surface area contributed by atoms with Crippen molar-refractivity contribution in [2.45, 2.75) is 38.0 Å². The summed E-state index contributed by atoms with van der Waals surface area (Å²) >= 11 is 0. The van der Waals surface area contributed by atoms with Gasteiger partial charge in [-0.3, -0.25) is 4.79 Å². The highest BCUT2D eigenvalue weighted by atomic mass is 16.3. The minimum atomic E-state index is -0.614. The quantitative estimate of drug-likeness (QED) is 0.654. The minimum absolute atomic E-state index is 0.118. The fourth-order valence-corrected chi connectivity index (χ4v) is 1.57. The zero-order valence-corrected chi connectivity index (χ0v) is 9.84. The van der Waals surface area contributed by atoms with Crippen LogP contribution in [0.4, 0.5) is 5.82 Å². The second-order valence-corrected chi connectivity index (χ2v) is 4.50. The van der Waals surface area contributed by atoms with Gasteiger partial charge in [0.2, 0.25) is 0 Å². The van der Waals surface area contributed by atoms with Crippen LogP contribution in [0.25, 0.3) is 0 Å². The van der Waals surface area contributed by atoms with Crippen LogP contribution < -0.4 is 16.6 Å². The number of rotatable bonds is 5. The lowest BCUT2D eigenvalue weighted by atomic mass is 10.2. The SMILES string of the molecule is CC(O)C(N)CNc1nccn(C2CC2)c1=O. The van der Waals surface area contributed by atoms with Gasteiger partial charge in [0.15, 0.2) is 5.82 Å². The fraction of sp³-hybridized carbons (Fsp3) is 0.636. The van der Waals surface area contributed by atoms with E-state index in [1.165, 1.54) is 0 Å². The van der Waals surface area contributed by atoms with Gasteiger partial charge in [0.1, 0.15) is 0 Å². The summed E-state index contributed by atoms with van der Waals surface area (Å²) in [6, 6.07) is -0.0812. The predicted octanol–water partition coefficient (Wildman–Crippen LogP) is -0.302. The molecular weight excluding hydrogens is 220 g/mol. The Kier molecular flexibility index (Phi) is 3.44. The molecule has 0 saturated heterocycles. The van der Waals surface area contributed by atoms with Gasteiger partial charge in [0, 0.05) is 31.0 Å². The van der Waals surface area contributed by atoms with Gasteiger partial charge in [-0.1, -0.05) is 0 Å². The number of nitrogens with zero attached hydrogens (tertiary/aromatic N) is 2. The van der Waals surface area contributed by atoms with E-state index in [9.17, 15) is 9.90 Å². The lowest BCUT2D eigenvalue weighted by molar-refractivity contribution is 0.168. The highest BCUT2D eigenvalue weighted by Crippen LogP contribution is 2.33. The number of anilines is 1. The lowest BCUT2D eigenvalue weighted by Gasteiger charge is -2.15. The van der Waals surface area contributed by atoms with Crippen LogP contribution in [-0.2, 0) is 0 Å². The Morgan fingerprint density at radius 2 is 2.41 bits per heavy atom. The minimum Gasteiger partial charge on any atom is -0.392 e. The topological polar surface area (TPSA) is 93.2 Å². The molecule has 2 atom stereocenters. The Hall–Kier alpha value is -1.40. The van der Waals surface area contributed by atoms with Crippen molar-refractivity contribution in [2.24, 2.45) is 5.73 Å². The molecule has 0 bridgehead atoms. The van der Waals surface area contributed by atoms with E-state index in [0.29, 0.717) is 18.4 Å². The molecule has 2 unspecified atom stereocenters. The van der Waals surface area contributed by atoms with E-state index in [-0.39, 0.29) is 5.56 Å². The summed E-state index contributed by atoms with van der Waals surface area (Å²) in [6.07, 6.45) is 4.81. The zero-order chi connectivity index (χ0) is 12.4. The second kappa shape index (κ2) is 4.85. The first-order valence-corrected chi connectivity index (χ1v) is 5.84. The maximum absolute atomic E-state index is 12.0. The molecule has 1 aliphatic carbocycles. The van der Waals surface area contributed by atoms with Crippen molar-refractivity contribution in [3.05, 3.63) is 22.7 Å². The standard InChI is InChI=1S/C11H18N4O2/c1-7(16)9(12)6-14-10-11(17)15(5-4-13-10)8-2-3-8/h4-5,7-9,16H,2-3,6,12H2,1H3,(H,13,14). The van der Waals surface area contributed by atoms with Gasteiger partial charge in [-0.2, -0.15) is 0 Å². The number of nitrogens with one attached hydrogen (secondary N) is 1. The smallest absolute Gasteiger partial charge is 0.293 e. The first-order valence-electron chi connectivity index (χ1n) is 5.84. The molecule has 94 valence electrons. The monoisotopic (exact) mass is 238 g/mol. The summed E-state index contributed by atoms with van der Waals surface area (Å²) in [7, 11) is 0.